The van der Waals surface area contributed by atoms with Crippen molar-refractivity contribution in [3.05, 3.63) is 0 Å². The first-order valence-electron chi connectivity index (χ1n) is 6.16. The smallest absolute Gasteiger partial charge is 0.226 e. The van der Waals surface area contributed by atoms with E-state index < -0.39 is 0 Å². The molecule has 4 heteroatoms. The molecule has 0 radical (unpaired) electrons. The lowest BCUT2D eigenvalue weighted by Gasteiger charge is -2.27. The van der Waals surface area contributed by atoms with Crippen LogP contribution >= 0.6 is 0 Å². The number of likely N-dealkylation sites (N-methyl/N-ethyl adjacent to an activating group) is 2. The molecule has 1 amide bonds. The third-order valence-electron chi connectivity index (χ3n) is 3.46. The van der Waals surface area contributed by atoms with Gasteiger partial charge < -0.3 is 15.1 Å². The highest BCUT2D eigenvalue weighted by atomic mass is 16.2. The van der Waals surface area contributed by atoms with Gasteiger partial charge in [-0.15, -0.1) is 0 Å². The molecule has 1 aliphatic heterocycles. The van der Waals surface area contributed by atoms with Crippen molar-refractivity contribution < 1.29 is 4.79 Å². The summed E-state index contributed by atoms with van der Waals surface area (Å²) < 4.78 is 0. The van der Waals surface area contributed by atoms with Crippen LogP contribution in [0.15, 0.2) is 0 Å². The monoisotopic (exact) mass is 227 g/mol. The lowest BCUT2D eigenvalue weighted by atomic mass is 10.1. The highest BCUT2D eigenvalue weighted by molar-refractivity contribution is 5.78. The maximum Gasteiger partial charge on any atom is 0.226 e. The Morgan fingerprint density at radius 1 is 1.62 bits per heavy atom. The van der Waals surface area contributed by atoms with Crippen molar-refractivity contribution in [2.24, 2.45) is 5.92 Å². The number of hydrogen-bond acceptors (Lipinski definition) is 3. The molecule has 16 heavy (non-hydrogen) atoms. The largest absolute Gasteiger partial charge is 0.344 e. The standard InChI is InChI=1S/C12H25N3O/c1-10(8-13-2)12(16)15(4)9-11-6-5-7-14(11)3/h10-11,13H,5-9H2,1-4H3. The molecule has 0 aliphatic carbocycles. The summed E-state index contributed by atoms with van der Waals surface area (Å²) in [6, 6.07) is 0.552. The fraction of sp³-hybridized carbons (Fsp3) is 0.917. The summed E-state index contributed by atoms with van der Waals surface area (Å²) >= 11 is 0. The molecular weight excluding hydrogens is 202 g/mol. The molecule has 0 aromatic carbocycles. The first-order valence-corrected chi connectivity index (χ1v) is 6.16. The highest BCUT2D eigenvalue weighted by Gasteiger charge is 2.25. The number of carbonyl (C=O) groups excluding carboxylic acids is 1. The van der Waals surface area contributed by atoms with Crippen molar-refractivity contribution in [2.75, 3.05) is 40.8 Å². The molecule has 1 saturated heterocycles. The molecule has 1 heterocycles. The average Bonchev–Trinajstić information content (AvgIpc) is 2.63. The number of carbonyl (C=O) groups is 1. The normalized spacial score (nSPS) is 23.4. The number of nitrogens with one attached hydrogen (secondary N) is 1. The molecule has 0 spiro atoms. The van der Waals surface area contributed by atoms with E-state index >= 15 is 0 Å². The van der Waals surface area contributed by atoms with Crippen LogP contribution in [0.1, 0.15) is 19.8 Å². The Balaban J connectivity index is 2.38. The minimum Gasteiger partial charge on any atom is -0.344 e. The highest BCUT2D eigenvalue weighted by Crippen LogP contribution is 2.16. The van der Waals surface area contributed by atoms with Crippen molar-refractivity contribution in [2.45, 2.75) is 25.8 Å². The van der Waals surface area contributed by atoms with Gasteiger partial charge in [0.15, 0.2) is 0 Å². The number of hydrogen-bond donors (Lipinski definition) is 1. The zero-order valence-electron chi connectivity index (χ0n) is 11.0. The Bertz CT molecular complexity index is 232. The van der Waals surface area contributed by atoms with Gasteiger partial charge in [0, 0.05) is 32.1 Å². The Kier molecular flexibility index (Phi) is 5.22. The lowest BCUT2D eigenvalue weighted by Crippen LogP contribution is -2.43. The van der Waals surface area contributed by atoms with Gasteiger partial charge in [-0.2, -0.15) is 0 Å². The van der Waals surface area contributed by atoms with Gasteiger partial charge in [0.1, 0.15) is 0 Å². The van der Waals surface area contributed by atoms with Crippen molar-refractivity contribution in [1.82, 2.24) is 15.1 Å². The van der Waals surface area contributed by atoms with E-state index in [0.717, 1.165) is 13.1 Å². The molecule has 1 fully saturated rings. The van der Waals surface area contributed by atoms with Crippen molar-refractivity contribution >= 4 is 5.91 Å². The lowest BCUT2D eigenvalue weighted by molar-refractivity contribution is -0.134. The van der Waals surface area contributed by atoms with Gasteiger partial charge in [0.05, 0.1) is 0 Å². The van der Waals surface area contributed by atoms with E-state index in [1.165, 1.54) is 19.4 Å². The maximum atomic E-state index is 12.0. The van der Waals surface area contributed by atoms with E-state index in [-0.39, 0.29) is 11.8 Å². The summed E-state index contributed by atoms with van der Waals surface area (Å²) in [4.78, 5) is 16.2. The molecule has 2 unspecified atom stereocenters. The Morgan fingerprint density at radius 2 is 2.31 bits per heavy atom. The Morgan fingerprint density at radius 3 is 2.81 bits per heavy atom. The minimum atomic E-state index is 0.0710. The summed E-state index contributed by atoms with van der Waals surface area (Å²) in [5, 5.41) is 3.05. The van der Waals surface area contributed by atoms with Crippen LogP contribution < -0.4 is 5.32 Å². The maximum absolute atomic E-state index is 12.0. The van der Waals surface area contributed by atoms with E-state index in [0.29, 0.717) is 6.04 Å². The van der Waals surface area contributed by atoms with E-state index in [2.05, 4.69) is 17.3 Å². The predicted molar refractivity (Wildman–Crippen MR) is 66.4 cm³/mol. The van der Waals surface area contributed by atoms with E-state index in [9.17, 15) is 4.79 Å². The fourth-order valence-corrected chi connectivity index (χ4v) is 2.39. The number of rotatable bonds is 5. The first kappa shape index (κ1) is 13.5. The number of nitrogens with zero attached hydrogens (tertiary/aromatic N) is 2. The van der Waals surface area contributed by atoms with Gasteiger partial charge >= 0.3 is 0 Å². The molecule has 1 aliphatic rings. The summed E-state index contributed by atoms with van der Waals surface area (Å²) in [7, 11) is 5.95. The SMILES string of the molecule is CNCC(C)C(=O)N(C)CC1CCCN1C. The van der Waals surface area contributed by atoms with E-state index in [4.69, 9.17) is 0 Å². The molecule has 1 rings (SSSR count). The minimum absolute atomic E-state index is 0.0710. The molecule has 0 aromatic rings. The third kappa shape index (κ3) is 3.46. The van der Waals surface area contributed by atoms with Crippen LogP contribution in [0.5, 0.6) is 0 Å². The van der Waals surface area contributed by atoms with Gasteiger partial charge in [0.25, 0.3) is 0 Å². The van der Waals surface area contributed by atoms with Gasteiger partial charge in [-0.25, -0.2) is 0 Å². The predicted octanol–water partition coefficient (Wildman–Crippen LogP) is 0.395. The fourth-order valence-electron chi connectivity index (χ4n) is 2.39. The second kappa shape index (κ2) is 6.21. The Hall–Kier alpha value is -0.610. The van der Waals surface area contributed by atoms with Gasteiger partial charge in [-0.3, -0.25) is 4.79 Å². The second-order valence-corrected chi connectivity index (χ2v) is 4.95. The molecule has 94 valence electrons. The zero-order valence-corrected chi connectivity index (χ0v) is 11.0. The topological polar surface area (TPSA) is 35.6 Å². The summed E-state index contributed by atoms with van der Waals surface area (Å²) in [5.74, 6) is 0.316. The molecule has 0 bridgehead atoms. The molecular formula is C12H25N3O. The van der Waals surface area contributed by atoms with Gasteiger partial charge in [-0.1, -0.05) is 6.92 Å². The average molecular weight is 227 g/mol. The summed E-state index contributed by atoms with van der Waals surface area (Å²) in [6.07, 6.45) is 2.48. The van der Waals surface area contributed by atoms with Gasteiger partial charge in [0.2, 0.25) is 5.91 Å². The van der Waals surface area contributed by atoms with Crippen molar-refractivity contribution in [3.8, 4) is 0 Å². The molecule has 1 N–H and O–H groups in total. The van der Waals surface area contributed by atoms with Crippen LogP contribution in [0.4, 0.5) is 0 Å². The number of likely N-dealkylation sites (tertiary alicyclic amines) is 1. The molecule has 0 saturated carbocycles. The van der Waals surface area contributed by atoms with Crippen LogP contribution in [0.25, 0.3) is 0 Å². The quantitative estimate of drug-likeness (QED) is 0.738. The second-order valence-electron chi connectivity index (χ2n) is 4.95. The molecule has 0 aromatic heterocycles. The zero-order chi connectivity index (χ0) is 12.1. The summed E-state index contributed by atoms with van der Waals surface area (Å²) in [6.45, 7) is 4.76. The van der Waals surface area contributed by atoms with Crippen LogP contribution in [-0.4, -0.2) is 62.5 Å². The van der Waals surface area contributed by atoms with Crippen molar-refractivity contribution in [1.29, 1.82) is 0 Å². The first-order chi connectivity index (χ1) is 7.56. The van der Waals surface area contributed by atoms with E-state index in [1.54, 1.807) is 0 Å². The molecule has 4 nitrogen and oxygen atoms in total. The van der Waals surface area contributed by atoms with Crippen LogP contribution in [0.3, 0.4) is 0 Å². The van der Waals surface area contributed by atoms with Crippen LogP contribution in [-0.2, 0) is 4.79 Å². The van der Waals surface area contributed by atoms with E-state index in [1.807, 2.05) is 25.9 Å². The molecule has 2 atom stereocenters. The van der Waals surface area contributed by atoms with Crippen LogP contribution in [0.2, 0.25) is 0 Å². The number of amides is 1. The van der Waals surface area contributed by atoms with Crippen LogP contribution in [0, 0.1) is 5.92 Å². The Labute approximate surface area is 99.0 Å². The van der Waals surface area contributed by atoms with Crippen molar-refractivity contribution in [3.63, 3.8) is 0 Å². The summed E-state index contributed by atoms with van der Waals surface area (Å²) in [5.41, 5.74) is 0. The third-order valence-corrected chi connectivity index (χ3v) is 3.46. The van der Waals surface area contributed by atoms with Gasteiger partial charge in [-0.05, 0) is 33.5 Å².